The maximum Gasteiger partial charge on any atom is 0.387 e. The lowest BCUT2D eigenvalue weighted by molar-refractivity contribution is -0.0523. The van der Waals surface area contributed by atoms with E-state index in [0.717, 1.165) is 23.9 Å². The zero-order valence-corrected chi connectivity index (χ0v) is 12.6. The average molecular weight is 354 g/mol. The van der Waals surface area contributed by atoms with Crippen LogP contribution >= 0.6 is 35.0 Å². The molecule has 2 N–H and O–H groups in total. The van der Waals surface area contributed by atoms with Gasteiger partial charge in [0, 0.05) is 21.5 Å². The fourth-order valence-electron chi connectivity index (χ4n) is 1.49. The van der Waals surface area contributed by atoms with Crippen molar-refractivity contribution in [2.24, 2.45) is 0 Å². The van der Waals surface area contributed by atoms with E-state index in [2.05, 4.69) is 4.74 Å². The summed E-state index contributed by atoms with van der Waals surface area (Å²) in [5, 5.41) is 0.723. The quantitative estimate of drug-likeness (QED) is 0.740. The molecule has 0 aromatic heterocycles. The number of alkyl halides is 2. The Balaban J connectivity index is 2.32. The smallest absolute Gasteiger partial charge is 0.387 e. The minimum atomic E-state index is -3.12. The highest BCUT2D eigenvalue weighted by atomic mass is 35.5. The Kier molecular flexibility index (Phi) is 5.13. The van der Waals surface area contributed by atoms with Gasteiger partial charge in [-0.05, 0) is 24.3 Å². The topological polar surface area (TPSA) is 35.2 Å². The highest BCUT2D eigenvalue weighted by Gasteiger charge is 2.14. The number of anilines is 1. The Morgan fingerprint density at radius 1 is 1.10 bits per heavy atom. The Bertz CT molecular complexity index is 670. The van der Waals surface area contributed by atoms with Crippen molar-refractivity contribution in [3.8, 4) is 5.75 Å². The SMILES string of the molecule is Nc1cc(F)c(OC(F)F)cc1Sc1ccc(Cl)c(Cl)c1. The maximum atomic E-state index is 13.5. The zero-order chi connectivity index (χ0) is 15.6. The number of ether oxygens (including phenoxy) is 1. The predicted molar refractivity (Wildman–Crippen MR) is 78.0 cm³/mol. The van der Waals surface area contributed by atoms with E-state index in [-0.39, 0.29) is 5.69 Å². The van der Waals surface area contributed by atoms with E-state index in [1.54, 1.807) is 18.2 Å². The predicted octanol–water partition coefficient (Wildman–Crippen LogP) is 5.47. The number of hydrogen-bond donors (Lipinski definition) is 1. The van der Waals surface area contributed by atoms with Crippen LogP contribution in [-0.4, -0.2) is 6.61 Å². The van der Waals surface area contributed by atoms with Gasteiger partial charge in [-0.15, -0.1) is 0 Å². The summed E-state index contributed by atoms with van der Waals surface area (Å²) in [5.41, 5.74) is 5.78. The van der Waals surface area contributed by atoms with Crippen LogP contribution in [0.15, 0.2) is 40.1 Å². The third kappa shape index (κ3) is 4.12. The minimum Gasteiger partial charge on any atom is -0.432 e. The lowest BCUT2D eigenvalue weighted by Gasteiger charge is -2.11. The second-order valence-corrected chi connectivity index (χ2v) is 5.81. The van der Waals surface area contributed by atoms with E-state index in [0.29, 0.717) is 19.8 Å². The molecule has 0 amide bonds. The number of nitrogen functional groups attached to an aromatic ring is 1. The third-order valence-corrected chi connectivity index (χ3v) is 4.20. The van der Waals surface area contributed by atoms with Gasteiger partial charge < -0.3 is 10.5 Å². The maximum absolute atomic E-state index is 13.5. The largest absolute Gasteiger partial charge is 0.432 e. The second kappa shape index (κ2) is 6.68. The van der Waals surface area contributed by atoms with E-state index in [1.165, 1.54) is 0 Å². The van der Waals surface area contributed by atoms with Crippen molar-refractivity contribution in [3.05, 3.63) is 46.2 Å². The molecule has 2 nitrogen and oxygen atoms in total. The number of halogens is 5. The standard InChI is InChI=1S/C13H8Cl2F3NOS/c14-7-2-1-6(3-8(7)15)21-12-5-11(20-13(17)18)9(16)4-10(12)19/h1-5,13H,19H2. The monoisotopic (exact) mass is 353 g/mol. The molecule has 0 saturated heterocycles. The van der Waals surface area contributed by atoms with Crippen molar-refractivity contribution in [3.63, 3.8) is 0 Å². The first kappa shape index (κ1) is 16.1. The van der Waals surface area contributed by atoms with Gasteiger partial charge in [0.1, 0.15) is 0 Å². The fourth-order valence-corrected chi connectivity index (χ4v) is 2.76. The van der Waals surface area contributed by atoms with Gasteiger partial charge in [-0.25, -0.2) is 4.39 Å². The molecule has 0 atom stereocenters. The van der Waals surface area contributed by atoms with Crippen LogP contribution in [0.4, 0.5) is 18.9 Å². The summed E-state index contributed by atoms with van der Waals surface area (Å²) in [6.45, 7) is -3.12. The Hall–Kier alpha value is -1.24. The Labute approximate surface area is 133 Å². The van der Waals surface area contributed by atoms with Crippen LogP contribution in [-0.2, 0) is 0 Å². The van der Waals surface area contributed by atoms with Crippen LogP contribution in [0.2, 0.25) is 10.0 Å². The zero-order valence-electron chi connectivity index (χ0n) is 10.2. The molecule has 0 spiro atoms. The molecule has 0 bridgehead atoms. The minimum absolute atomic E-state index is 0.102. The number of rotatable bonds is 4. The summed E-state index contributed by atoms with van der Waals surface area (Å²) in [6, 6.07) is 6.89. The van der Waals surface area contributed by atoms with Gasteiger partial charge in [-0.2, -0.15) is 8.78 Å². The second-order valence-electron chi connectivity index (χ2n) is 3.88. The third-order valence-electron chi connectivity index (χ3n) is 2.40. The normalized spacial score (nSPS) is 11.0. The molecule has 0 fully saturated rings. The van der Waals surface area contributed by atoms with Crippen LogP contribution in [0, 0.1) is 5.82 Å². The Morgan fingerprint density at radius 2 is 1.81 bits per heavy atom. The van der Waals surface area contributed by atoms with Gasteiger partial charge in [-0.1, -0.05) is 35.0 Å². The van der Waals surface area contributed by atoms with Gasteiger partial charge in [-0.3, -0.25) is 0 Å². The summed E-state index contributed by atoms with van der Waals surface area (Å²) < 4.78 is 42.0. The summed E-state index contributed by atoms with van der Waals surface area (Å²) in [7, 11) is 0. The Morgan fingerprint density at radius 3 is 2.43 bits per heavy atom. The van der Waals surface area contributed by atoms with Gasteiger partial charge in [0.25, 0.3) is 0 Å². The fraction of sp³-hybridized carbons (Fsp3) is 0.0769. The van der Waals surface area contributed by atoms with Gasteiger partial charge in [0.15, 0.2) is 11.6 Å². The van der Waals surface area contributed by atoms with E-state index in [4.69, 9.17) is 28.9 Å². The first-order chi connectivity index (χ1) is 9.86. The van der Waals surface area contributed by atoms with Crippen LogP contribution in [0.1, 0.15) is 0 Å². The first-order valence-electron chi connectivity index (χ1n) is 5.53. The van der Waals surface area contributed by atoms with Crippen molar-refractivity contribution >= 4 is 40.7 Å². The van der Waals surface area contributed by atoms with Crippen molar-refractivity contribution in [2.75, 3.05) is 5.73 Å². The molecule has 0 unspecified atom stereocenters. The van der Waals surface area contributed by atoms with Crippen molar-refractivity contribution < 1.29 is 17.9 Å². The van der Waals surface area contributed by atoms with Crippen LogP contribution < -0.4 is 10.5 Å². The van der Waals surface area contributed by atoms with Gasteiger partial charge in [0.2, 0.25) is 0 Å². The number of hydrogen-bond acceptors (Lipinski definition) is 3. The van der Waals surface area contributed by atoms with Crippen LogP contribution in [0.3, 0.4) is 0 Å². The molecule has 112 valence electrons. The lowest BCUT2D eigenvalue weighted by Crippen LogP contribution is -2.04. The molecule has 8 heteroatoms. The molecule has 2 aromatic carbocycles. The highest BCUT2D eigenvalue weighted by molar-refractivity contribution is 7.99. The molecular weight excluding hydrogens is 346 g/mol. The summed E-state index contributed by atoms with van der Waals surface area (Å²) in [6.07, 6.45) is 0. The van der Waals surface area contributed by atoms with Crippen LogP contribution in [0.25, 0.3) is 0 Å². The molecule has 0 heterocycles. The van der Waals surface area contributed by atoms with E-state index < -0.39 is 18.2 Å². The van der Waals surface area contributed by atoms with Crippen molar-refractivity contribution in [1.82, 2.24) is 0 Å². The van der Waals surface area contributed by atoms with Crippen molar-refractivity contribution in [2.45, 2.75) is 16.4 Å². The molecular formula is C13H8Cl2F3NOS. The summed E-state index contributed by atoms with van der Waals surface area (Å²) in [5.74, 6) is -1.52. The van der Waals surface area contributed by atoms with E-state index in [1.807, 2.05) is 0 Å². The van der Waals surface area contributed by atoms with Gasteiger partial charge in [0.05, 0.1) is 10.0 Å². The van der Waals surface area contributed by atoms with Crippen molar-refractivity contribution in [1.29, 1.82) is 0 Å². The van der Waals surface area contributed by atoms with Crippen LogP contribution in [0.5, 0.6) is 5.75 Å². The molecule has 0 aliphatic rings. The molecule has 0 aliphatic carbocycles. The molecule has 0 saturated carbocycles. The molecule has 21 heavy (non-hydrogen) atoms. The molecule has 2 rings (SSSR count). The average Bonchev–Trinajstić information content (AvgIpc) is 2.39. The summed E-state index contributed by atoms with van der Waals surface area (Å²) >= 11 is 12.8. The lowest BCUT2D eigenvalue weighted by atomic mass is 10.3. The first-order valence-corrected chi connectivity index (χ1v) is 7.11. The number of nitrogens with two attached hydrogens (primary N) is 1. The summed E-state index contributed by atoms with van der Waals surface area (Å²) in [4.78, 5) is 1.04. The van der Waals surface area contributed by atoms with E-state index in [9.17, 15) is 13.2 Å². The molecule has 0 radical (unpaired) electrons. The van der Waals surface area contributed by atoms with Gasteiger partial charge >= 0.3 is 6.61 Å². The molecule has 0 aliphatic heterocycles. The number of benzene rings is 2. The highest BCUT2D eigenvalue weighted by Crippen LogP contribution is 2.38. The molecule has 2 aromatic rings. The van der Waals surface area contributed by atoms with E-state index >= 15 is 0 Å².